The first-order valence-corrected chi connectivity index (χ1v) is 10.1. The normalized spacial score (nSPS) is 11.1. The molecule has 0 saturated carbocycles. The Morgan fingerprint density at radius 2 is 1.04 bits per heavy atom. The van der Waals surface area contributed by atoms with Crippen molar-refractivity contribution in [2.45, 2.75) is 13.8 Å². The summed E-state index contributed by atoms with van der Waals surface area (Å²) in [7, 11) is 2.06. The van der Waals surface area contributed by atoms with Crippen molar-refractivity contribution in [3.05, 3.63) is 0 Å². The van der Waals surface area contributed by atoms with E-state index >= 15 is 0 Å². The van der Waals surface area contributed by atoms with Gasteiger partial charge in [0, 0.05) is 12.5 Å². The van der Waals surface area contributed by atoms with Crippen LogP contribution < -0.4 is 5.32 Å². The number of amides is 1. The monoisotopic (exact) mass is 425 g/mol. The maximum atomic E-state index is 11.3. The first kappa shape index (κ1) is 27.3. The topological polar surface area (TPSA) is 102 Å². The first-order valence-electron chi connectivity index (χ1n) is 9.56. The number of hydrogen-bond acceptors (Lipinski definition) is 8. The molecule has 9 nitrogen and oxygen atoms in total. The highest BCUT2D eigenvalue weighted by atomic mass is 31.0. The molecule has 0 aromatic carbocycles. The van der Waals surface area contributed by atoms with Gasteiger partial charge < -0.3 is 33.7 Å². The van der Waals surface area contributed by atoms with Gasteiger partial charge in [-0.25, -0.2) is 0 Å². The van der Waals surface area contributed by atoms with Crippen LogP contribution in [0.5, 0.6) is 0 Å². The summed E-state index contributed by atoms with van der Waals surface area (Å²) in [5.74, 6) is 0.0227. The van der Waals surface area contributed by atoms with Crippen molar-refractivity contribution in [3.8, 4) is 0 Å². The summed E-state index contributed by atoms with van der Waals surface area (Å²) in [6.45, 7) is 9.53. The Morgan fingerprint density at radius 3 is 1.39 bits per heavy atom. The molecule has 0 rings (SSSR count). The van der Waals surface area contributed by atoms with E-state index in [0.717, 1.165) is 0 Å². The summed E-state index contributed by atoms with van der Waals surface area (Å²) >= 11 is 0. The van der Waals surface area contributed by atoms with Gasteiger partial charge in [0.1, 0.15) is 6.61 Å². The summed E-state index contributed by atoms with van der Waals surface area (Å²) < 4.78 is 31.8. The van der Waals surface area contributed by atoms with Gasteiger partial charge in [0.15, 0.2) is 5.52 Å². The number of carbonyl (C=O) groups is 2. The van der Waals surface area contributed by atoms with E-state index in [1.54, 1.807) is 0 Å². The molecule has 1 amide bonds. The lowest BCUT2D eigenvalue weighted by Crippen LogP contribution is -2.31. The molecule has 0 aliphatic carbocycles. The summed E-state index contributed by atoms with van der Waals surface area (Å²) in [5.41, 5.74) is -0.0779. The van der Waals surface area contributed by atoms with Crippen LogP contribution >= 0.6 is 9.24 Å². The van der Waals surface area contributed by atoms with Gasteiger partial charge in [0.05, 0.1) is 72.7 Å². The van der Waals surface area contributed by atoms with Crippen molar-refractivity contribution in [1.29, 1.82) is 0 Å². The van der Waals surface area contributed by atoms with Crippen LogP contribution in [0.3, 0.4) is 0 Å². The summed E-state index contributed by atoms with van der Waals surface area (Å²) in [6.07, 6.45) is 0. The molecular formula is C18H36NO8P. The molecule has 0 heterocycles. The number of ether oxygens (including phenoxy) is 6. The third-order valence-electron chi connectivity index (χ3n) is 3.17. The summed E-state index contributed by atoms with van der Waals surface area (Å²) in [6, 6.07) is 0. The van der Waals surface area contributed by atoms with Gasteiger partial charge in [0.2, 0.25) is 5.91 Å². The quantitative estimate of drug-likeness (QED) is 0.206. The van der Waals surface area contributed by atoms with Crippen molar-refractivity contribution in [2.75, 3.05) is 85.8 Å². The Morgan fingerprint density at radius 1 is 0.679 bits per heavy atom. The predicted octanol–water partition coefficient (Wildman–Crippen LogP) is 0.260. The standard InChI is InChI=1S/C18H36NO8P/c1-16(2)18(21)19-3-4-22-5-6-23-7-8-24-9-10-25-11-12-26-13-14-27-15-17(20)28/h16H,3-15,28H2,1-2H3,(H,19,21). The molecule has 1 unspecified atom stereocenters. The second-order valence-corrected chi connectivity index (χ2v) is 6.67. The highest BCUT2D eigenvalue weighted by Gasteiger charge is 2.04. The van der Waals surface area contributed by atoms with Crippen LogP contribution in [0.2, 0.25) is 0 Å². The van der Waals surface area contributed by atoms with Crippen LogP contribution in [-0.2, 0) is 38.0 Å². The van der Waals surface area contributed by atoms with Gasteiger partial charge in [-0.15, -0.1) is 0 Å². The third kappa shape index (κ3) is 21.6. The number of hydrogen-bond donors (Lipinski definition) is 1. The van der Waals surface area contributed by atoms with Gasteiger partial charge in [-0.3, -0.25) is 9.59 Å². The second kappa shape index (κ2) is 21.0. The van der Waals surface area contributed by atoms with Crippen LogP contribution in [0.25, 0.3) is 0 Å². The molecule has 1 atom stereocenters. The Balaban J connectivity index is 3.07. The van der Waals surface area contributed by atoms with E-state index in [9.17, 15) is 9.59 Å². The van der Waals surface area contributed by atoms with E-state index in [1.807, 2.05) is 13.8 Å². The maximum absolute atomic E-state index is 11.3. The molecule has 0 aromatic rings. The molecule has 0 fully saturated rings. The highest BCUT2D eigenvalue weighted by Crippen LogP contribution is 1.90. The van der Waals surface area contributed by atoms with Gasteiger partial charge in [-0.1, -0.05) is 23.1 Å². The Hall–Kier alpha value is -0.670. The van der Waals surface area contributed by atoms with E-state index in [0.29, 0.717) is 79.2 Å². The number of carbonyl (C=O) groups excluding carboxylic acids is 2. The van der Waals surface area contributed by atoms with Gasteiger partial charge in [-0.05, 0) is 0 Å². The van der Waals surface area contributed by atoms with Crippen molar-refractivity contribution < 1.29 is 38.0 Å². The smallest absolute Gasteiger partial charge is 0.222 e. The molecule has 0 aromatic heterocycles. The summed E-state index contributed by atoms with van der Waals surface area (Å²) in [5, 5.41) is 2.78. The maximum Gasteiger partial charge on any atom is 0.222 e. The van der Waals surface area contributed by atoms with Gasteiger partial charge in [0.25, 0.3) is 0 Å². The molecule has 28 heavy (non-hydrogen) atoms. The van der Waals surface area contributed by atoms with E-state index in [2.05, 4.69) is 14.6 Å². The largest absolute Gasteiger partial charge is 0.377 e. The Bertz CT molecular complexity index is 385. The van der Waals surface area contributed by atoms with Crippen molar-refractivity contribution in [3.63, 3.8) is 0 Å². The predicted molar refractivity (Wildman–Crippen MR) is 107 cm³/mol. The Kier molecular flexibility index (Phi) is 20.5. The Labute approximate surface area is 170 Å². The van der Waals surface area contributed by atoms with E-state index in [4.69, 9.17) is 28.4 Å². The fourth-order valence-corrected chi connectivity index (χ4v) is 1.84. The van der Waals surface area contributed by atoms with Crippen LogP contribution in [-0.4, -0.2) is 97.3 Å². The zero-order valence-corrected chi connectivity index (χ0v) is 18.3. The molecular weight excluding hydrogens is 389 g/mol. The van der Waals surface area contributed by atoms with Crippen molar-refractivity contribution >= 4 is 20.7 Å². The SMILES string of the molecule is CC(C)C(=O)NCCOCCOCCOCCOCCOCCOCC(=O)P. The van der Waals surface area contributed by atoms with Crippen LogP contribution in [0.4, 0.5) is 0 Å². The van der Waals surface area contributed by atoms with Crippen molar-refractivity contribution in [2.24, 2.45) is 5.92 Å². The fourth-order valence-electron chi connectivity index (χ4n) is 1.72. The molecule has 1 N–H and O–H groups in total. The molecule has 0 spiro atoms. The zero-order chi connectivity index (χ0) is 20.9. The first-order chi connectivity index (χ1) is 13.5. The number of nitrogens with one attached hydrogen (secondary N) is 1. The second-order valence-electron chi connectivity index (χ2n) is 6.03. The average Bonchev–Trinajstić information content (AvgIpc) is 2.65. The molecule has 0 bridgehead atoms. The third-order valence-corrected chi connectivity index (χ3v) is 3.34. The average molecular weight is 425 g/mol. The minimum absolute atomic E-state index is 0.00843. The van der Waals surface area contributed by atoms with Crippen LogP contribution in [0, 0.1) is 5.92 Å². The molecule has 0 aliphatic heterocycles. The van der Waals surface area contributed by atoms with E-state index in [1.165, 1.54) is 0 Å². The molecule has 10 heteroatoms. The molecule has 0 aliphatic rings. The van der Waals surface area contributed by atoms with E-state index < -0.39 is 0 Å². The number of rotatable bonds is 21. The van der Waals surface area contributed by atoms with E-state index in [-0.39, 0.29) is 24.0 Å². The molecule has 0 saturated heterocycles. The molecule has 166 valence electrons. The van der Waals surface area contributed by atoms with Gasteiger partial charge in [-0.2, -0.15) is 0 Å². The molecule has 0 radical (unpaired) electrons. The fraction of sp³-hybridized carbons (Fsp3) is 0.889. The van der Waals surface area contributed by atoms with Crippen LogP contribution in [0.15, 0.2) is 0 Å². The lowest BCUT2D eigenvalue weighted by atomic mass is 10.2. The van der Waals surface area contributed by atoms with Crippen LogP contribution in [0.1, 0.15) is 13.8 Å². The lowest BCUT2D eigenvalue weighted by molar-refractivity contribution is -0.124. The minimum atomic E-state index is -0.0779. The summed E-state index contributed by atoms with van der Waals surface area (Å²) in [4.78, 5) is 21.9. The zero-order valence-electron chi connectivity index (χ0n) is 17.1. The highest BCUT2D eigenvalue weighted by molar-refractivity contribution is 7.40. The van der Waals surface area contributed by atoms with Gasteiger partial charge >= 0.3 is 0 Å². The minimum Gasteiger partial charge on any atom is -0.377 e. The van der Waals surface area contributed by atoms with Crippen molar-refractivity contribution in [1.82, 2.24) is 5.32 Å². The lowest BCUT2D eigenvalue weighted by Gasteiger charge is -2.09.